The first-order valence-corrected chi connectivity index (χ1v) is 9.11. The number of aromatic nitrogens is 3. The summed E-state index contributed by atoms with van der Waals surface area (Å²) in [5, 5.41) is 10.9. The molecule has 0 bridgehead atoms. The van der Waals surface area contributed by atoms with Crippen LogP contribution in [0.25, 0.3) is 5.65 Å². The van der Waals surface area contributed by atoms with Crippen LogP contribution in [-0.2, 0) is 0 Å². The molecule has 29 heavy (non-hydrogen) atoms. The largest absolute Gasteiger partial charge is 0.497 e. The van der Waals surface area contributed by atoms with Crippen molar-refractivity contribution in [2.45, 2.75) is 13.3 Å². The molecular weight excluding hydrogens is 374 g/mol. The van der Waals surface area contributed by atoms with Crippen LogP contribution in [-0.4, -0.2) is 47.8 Å². The van der Waals surface area contributed by atoms with E-state index in [4.69, 9.17) is 20.9 Å². The molecule has 2 aromatic heterocycles. The molecular formula is C19H25N7O3. The van der Waals surface area contributed by atoms with E-state index in [1.54, 1.807) is 36.9 Å². The molecule has 0 aliphatic carbocycles. The van der Waals surface area contributed by atoms with Crippen LogP contribution in [0, 0.1) is 6.92 Å². The quantitative estimate of drug-likeness (QED) is 0.398. The Kier molecular flexibility index (Phi) is 6.03. The van der Waals surface area contributed by atoms with Crippen LogP contribution in [0.1, 0.15) is 22.5 Å². The van der Waals surface area contributed by atoms with Gasteiger partial charge in [0.25, 0.3) is 5.91 Å². The van der Waals surface area contributed by atoms with Gasteiger partial charge in [-0.05, 0) is 19.9 Å². The lowest BCUT2D eigenvalue weighted by Gasteiger charge is -2.09. The van der Waals surface area contributed by atoms with E-state index in [1.165, 1.54) is 0 Å². The molecule has 0 aliphatic rings. The second-order valence-electron chi connectivity index (χ2n) is 6.40. The summed E-state index contributed by atoms with van der Waals surface area (Å²) in [4.78, 5) is 16.7. The predicted molar refractivity (Wildman–Crippen MR) is 111 cm³/mol. The van der Waals surface area contributed by atoms with Crippen molar-refractivity contribution in [3.05, 3.63) is 35.5 Å². The van der Waals surface area contributed by atoms with Crippen molar-refractivity contribution >= 4 is 28.9 Å². The summed E-state index contributed by atoms with van der Waals surface area (Å²) in [6.07, 6.45) is 0.793. The van der Waals surface area contributed by atoms with Crippen LogP contribution in [0.2, 0.25) is 0 Å². The van der Waals surface area contributed by atoms with Gasteiger partial charge in [0.1, 0.15) is 22.9 Å². The van der Waals surface area contributed by atoms with Gasteiger partial charge in [-0.3, -0.25) is 4.79 Å². The summed E-state index contributed by atoms with van der Waals surface area (Å²) in [7, 11) is 3.12. The number of nitrogens with one attached hydrogen (secondary N) is 2. The maximum Gasteiger partial charge on any atom is 0.256 e. The molecule has 0 unspecified atom stereocenters. The van der Waals surface area contributed by atoms with Gasteiger partial charge in [-0.15, -0.1) is 5.10 Å². The normalized spacial score (nSPS) is 10.8. The molecule has 0 saturated heterocycles. The van der Waals surface area contributed by atoms with Gasteiger partial charge in [0.15, 0.2) is 11.5 Å². The molecule has 10 heteroatoms. The number of fused-ring (bicyclic) bond motifs is 1. The third kappa shape index (κ3) is 4.32. The van der Waals surface area contributed by atoms with E-state index in [2.05, 4.69) is 20.7 Å². The van der Waals surface area contributed by atoms with Crippen molar-refractivity contribution < 1.29 is 14.3 Å². The Morgan fingerprint density at radius 3 is 2.45 bits per heavy atom. The van der Waals surface area contributed by atoms with Crippen molar-refractivity contribution in [3.8, 4) is 11.5 Å². The Bertz CT molecular complexity index is 1010. The monoisotopic (exact) mass is 399 g/mol. The first-order valence-electron chi connectivity index (χ1n) is 9.11. The van der Waals surface area contributed by atoms with Crippen LogP contribution in [0.15, 0.2) is 24.3 Å². The molecule has 0 fully saturated rings. The lowest BCUT2D eigenvalue weighted by molar-refractivity contribution is 0.100. The van der Waals surface area contributed by atoms with Crippen molar-refractivity contribution in [2.75, 3.05) is 37.9 Å². The second kappa shape index (κ2) is 8.65. The highest BCUT2D eigenvalue weighted by Crippen LogP contribution is 2.30. The summed E-state index contributed by atoms with van der Waals surface area (Å²) in [6, 6.07) is 7.11. The van der Waals surface area contributed by atoms with E-state index >= 15 is 0 Å². The fourth-order valence-electron chi connectivity index (χ4n) is 2.91. The fourth-order valence-corrected chi connectivity index (χ4v) is 2.91. The molecule has 2 heterocycles. The summed E-state index contributed by atoms with van der Waals surface area (Å²) >= 11 is 0. The minimum atomic E-state index is -0.636. The minimum absolute atomic E-state index is 0.192. The SMILES string of the molecule is COc1cc(Nc2nn3c(NCCCN)cc(C)nc3c2C(N)=O)cc(OC)c1. The number of amides is 1. The number of nitrogens with zero attached hydrogens (tertiary/aromatic N) is 3. The van der Waals surface area contributed by atoms with E-state index in [0.29, 0.717) is 41.7 Å². The zero-order valence-electron chi connectivity index (χ0n) is 16.7. The predicted octanol–water partition coefficient (Wildman–Crippen LogP) is 1.66. The zero-order chi connectivity index (χ0) is 21.0. The number of hydrogen-bond donors (Lipinski definition) is 4. The van der Waals surface area contributed by atoms with Crippen LogP contribution < -0.4 is 31.6 Å². The Balaban J connectivity index is 2.09. The summed E-state index contributed by atoms with van der Waals surface area (Å²) in [5.74, 6) is 1.53. The first-order chi connectivity index (χ1) is 14.0. The van der Waals surface area contributed by atoms with E-state index < -0.39 is 5.91 Å². The number of carbonyl (C=O) groups excluding carboxylic acids is 1. The first kappa shape index (κ1) is 20.2. The topological polar surface area (TPSA) is 142 Å². The molecule has 6 N–H and O–H groups in total. The Morgan fingerprint density at radius 1 is 1.17 bits per heavy atom. The molecule has 3 rings (SSSR count). The van der Waals surface area contributed by atoms with E-state index in [1.807, 2.05) is 13.0 Å². The van der Waals surface area contributed by atoms with E-state index in [0.717, 1.165) is 12.1 Å². The number of carbonyl (C=O) groups is 1. The molecule has 154 valence electrons. The minimum Gasteiger partial charge on any atom is -0.497 e. The molecule has 0 aliphatic heterocycles. The fraction of sp³-hybridized carbons (Fsp3) is 0.316. The van der Waals surface area contributed by atoms with Gasteiger partial charge in [0.2, 0.25) is 0 Å². The highest BCUT2D eigenvalue weighted by Gasteiger charge is 2.21. The summed E-state index contributed by atoms with van der Waals surface area (Å²) < 4.78 is 12.1. The summed E-state index contributed by atoms with van der Waals surface area (Å²) in [6.45, 7) is 3.07. The number of nitrogens with two attached hydrogens (primary N) is 2. The Hall–Kier alpha value is -3.53. The average molecular weight is 399 g/mol. The number of rotatable bonds is 9. The van der Waals surface area contributed by atoms with Gasteiger partial charge in [-0.2, -0.15) is 4.52 Å². The van der Waals surface area contributed by atoms with Crippen molar-refractivity contribution in [2.24, 2.45) is 11.5 Å². The lowest BCUT2D eigenvalue weighted by Crippen LogP contribution is -2.14. The average Bonchev–Trinajstić information content (AvgIpc) is 3.05. The molecule has 0 spiro atoms. The highest BCUT2D eigenvalue weighted by atomic mass is 16.5. The second-order valence-corrected chi connectivity index (χ2v) is 6.40. The smallest absolute Gasteiger partial charge is 0.256 e. The number of methoxy groups -OCH3 is 2. The van der Waals surface area contributed by atoms with Crippen LogP contribution in [0.4, 0.5) is 17.3 Å². The molecule has 0 radical (unpaired) electrons. The number of primary amides is 1. The number of aryl methyl sites for hydroxylation is 1. The van der Waals surface area contributed by atoms with Gasteiger partial charge in [0.05, 0.1) is 14.2 Å². The van der Waals surface area contributed by atoms with Gasteiger partial charge in [-0.1, -0.05) is 0 Å². The molecule has 1 amide bonds. The standard InChI is InChI=1S/C19H25N7O3/c1-11-7-15(22-6-4-5-20)26-19(23-11)16(17(21)27)18(25-26)24-12-8-13(28-2)10-14(9-12)29-3/h7-10,22H,4-6,20H2,1-3H3,(H2,21,27)(H,24,25). The van der Waals surface area contributed by atoms with Gasteiger partial charge < -0.3 is 31.6 Å². The third-order valence-electron chi connectivity index (χ3n) is 4.26. The maximum absolute atomic E-state index is 12.2. The molecule has 10 nitrogen and oxygen atoms in total. The van der Waals surface area contributed by atoms with Crippen LogP contribution >= 0.6 is 0 Å². The van der Waals surface area contributed by atoms with E-state index in [9.17, 15) is 4.79 Å². The highest BCUT2D eigenvalue weighted by molar-refractivity contribution is 6.04. The number of hydrogen-bond acceptors (Lipinski definition) is 8. The van der Waals surface area contributed by atoms with E-state index in [-0.39, 0.29) is 11.4 Å². The van der Waals surface area contributed by atoms with Crippen molar-refractivity contribution in [1.29, 1.82) is 0 Å². The third-order valence-corrected chi connectivity index (χ3v) is 4.26. The summed E-state index contributed by atoms with van der Waals surface area (Å²) in [5.41, 5.74) is 13.1. The van der Waals surface area contributed by atoms with Crippen molar-refractivity contribution in [1.82, 2.24) is 14.6 Å². The molecule has 3 aromatic rings. The van der Waals surface area contributed by atoms with Crippen LogP contribution in [0.5, 0.6) is 11.5 Å². The molecule has 0 saturated carbocycles. The molecule has 1 aromatic carbocycles. The lowest BCUT2D eigenvalue weighted by atomic mass is 10.2. The van der Waals surface area contributed by atoms with Gasteiger partial charge in [-0.25, -0.2) is 4.98 Å². The number of anilines is 3. The van der Waals surface area contributed by atoms with Crippen molar-refractivity contribution in [3.63, 3.8) is 0 Å². The van der Waals surface area contributed by atoms with Gasteiger partial charge in [0, 0.05) is 42.2 Å². The van der Waals surface area contributed by atoms with Crippen LogP contribution in [0.3, 0.4) is 0 Å². The van der Waals surface area contributed by atoms with Gasteiger partial charge >= 0.3 is 0 Å². The Morgan fingerprint density at radius 2 is 1.86 bits per heavy atom. The Labute approximate surface area is 168 Å². The number of ether oxygens (including phenoxy) is 2. The molecule has 0 atom stereocenters. The maximum atomic E-state index is 12.2. The zero-order valence-corrected chi connectivity index (χ0v) is 16.7. The number of benzene rings is 1.